The van der Waals surface area contributed by atoms with Gasteiger partial charge in [0.05, 0.1) is 0 Å². The Morgan fingerprint density at radius 2 is 1.50 bits per heavy atom. The van der Waals surface area contributed by atoms with Gasteiger partial charge in [-0.2, -0.15) is 0 Å². The van der Waals surface area contributed by atoms with Crippen LogP contribution in [0.5, 0.6) is 0 Å². The summed E-state index contributed by atoms with van der Waals surface area (Å²) >= 11 is 0. The zero-order valence-corrected chi connectivity index (χ0v) is 13.1. The smallest absolute Gasteiger partial charge is 0.0479 e. The van der Waals surface area contributed by atoms with Crippen molar-refractivity contribution in [3.63, 3.8) is 0 Å². The van der Waals surface area contributed by atoms with Crippen LogP contribution in [-0.2, 0) is 18.6 Å². The predicted molar refractivity (Wildman–Crippen MR) is 66.9 cm³/mol. The van der Waals surface area contributed by atoms with Gasteiger partial charge in [0.15, 0.2) is 0 Å². The molecule has 0 aromatic heterocycles. The zero-order chi connectivity index (χ0) is 12.3. The first-order chi connectivity index (χ1) is 6.91. The van der Waals surface area contributed by atoms with Gasteiger partial charge in [0.25, 0.3) is 0 Å². The van der Waals surface area contributed by atoms with Crippen LogP contribution < -0.4 is 0 Å². The molecule has 0 bridgehead atoms. The normalized spacial score (nSPS) is 12.2. The van der Waals surface area contributed by atoms with Crippen molar-refractivity contribution in [1.82, 2.24) is 0 Å². The molecule has 0 heterocycles. The minimum Gasteiger partial charge on any atom is -0.396 e. The quantitative estimate of drug-likeness (QED) is 0.804. The van der Waals surface area contributed by atoms with Crippen LogP contribution in [0.3, 0.4) is 0 Å². The summed E-state index contributed by atoms with van der Waals surface area (Å²) in [4.78, 5) is 0. The molecule has 0 spiro atoms. The molecular weight excluding hydrogens is 239 g/mol. The van der Waals surface area contributed by atoms with Gasteiger partial charge in [0, 0.05) is 31.8 Å². The van der Waals surface area contributed by atoms with E-state index in [-0.39, 0.29) is 30.6 Å². The van der Waals surface area contributed by atoms with Gasteiger partial charge < -0.3 is 10.2 Å². The first-order valence-corrected chi connectivity index (χ1v) is 6.12. The molecule has 1 unspecified atom stereocenters. The van der Waals surface area contributed by atoms with E-state index >= 15 is 0 Å². The average molecular weight is 269 g/mol. The third-order valence-electron chi connectivity index (χ3n) is 2.28. The number of hydrogen-bond donors (Lipinski definition) is 2. The standard InChI is InChI=1S/C8H18O.C5H12O.V/c1-3-5-6-8(4-2)7-9;1-5(2,3)4-6;/h8-9H,3-7H2,1-2H3;6H,4H2,1-3H3;. The van der Waals surface area contributed by atoms with E-state index in [0.717, 1.165) is 6.42 Å². The molecule has 0 rings (SSSR count). The molecule has 0 aromatic rings. The Labute approximate surface area is 114 Å². The van der Waals surface area contributed by atoms with Crippen molar-refractivity contribution in [2.45, 2.75) is 60.3 Å². The van der Waals surface area contributed by atoms with E-state index in [1.165, 1.54) is 19.3 Å². The molecule has 0 saturated carbocycles. The van der Waals surface area contributed by atoms with Crippen LogP contribution in [0, 0.1) is 11.3 Å². The second-order valence-corrected chi connectivity index (χ2v) is 5.32. The van der Waals surface area contributed by atoms with E-state index in [4.69, 9.17) is 10.2 Å². The third-order valence-corrected chi connectivity index (χ3v) is 2.28. The number of aliphatic hydroxyl groups is 2. The van der Waals surface area contributed by atoms with Crippen LogP contribution >= 0.6 is 0 Å². The molecule has 16 heavy (non-hydrogen) atoms. The molecule has 1 radical (unpaired) electrons. The van der Waals surface area contributed by atoms with Gasteiger partial charge in [-0.25, -0.2) is 0 Å². The monoisotopic (exact) mass is 269 g/mol. The number of aliphatic hydroxyl groups excluding tert-OH is 2. The maximum Gasteiger partial charge on any atom is 0.0479 e. The molecule has 0 fully saturated rings. The molecule has 0 aromatic carbocycles. The Bertz CT molecular complexity index is 118. The summed E-state index contributed by atoms with van der Waals surface area (Å²) in [6, 6.07) is 0. The van der Waals surface area contributed by atoms with Crippen molar-refractivity contribution in [2.24, 2.45) is 11.3 Å². The van der Waals surface area contributed by atoms with Crippen molar-refractivity contribution >= 4 is 0 Å². The summed E-state index contributed by atoms with van der Waals surface area (Å²) < 4.78 is 0. The van der Waals surface area contributed by atoms with E-state index in [2.05, 4.69) is 13.8 Å². The van der Waals surface area contributed by atoms with Gasteiger partial charge in [-0.3, -0.25) is 0 Å². The Kier molecular flexibility index (Phi) is 18.4. The molecule has 0 amide bonds. The van der Waals surface area contributed by atoms with E-state index < -0.39 is 0 Å². The molecule has 2 nitrogen and oxygen atoms in total. The summed E-state index contributed by atoms with van der Waals surface area (Å²) in [6.07, 6.45) is 4.83. The molecule has 0 saturated heterocycles. The van der Waals surface area contributed by atoms with E-state index in [1.54, 1.807) is 0 Å². The van der Waals surface area contributed by atoms with Gasteiger partial charge in [0.1, 0.15) is 0 Å². The van der Waals surface area contributed by atoms with Crippen LogP contribution in [0.4, 0.5) is 0 Å². The first-order valence-electron chi connectivity index (χ1n) is 6.12. The van der Waals surface area contributed by atoms with Crippen LogP contribution in [-0.4, -0.2) is 23.4 Å². The number of rotatable bonds is 5. The Hall–Kier alpha value is 0.504. The second-order valence-electron chi connectivity index (χ2n) is 5.32. The van der Waals surface area contributed by atoms with Crippen LogP contribution in [0.2, 0.25) is 0 Å². The Balaban J connectivity index is -0.000000214. The van der Waals surface area contributed by atoms with Crippen molar-refractivity contribution in [1.29, 1.82) is 0 Å². The summed E-state index contributed by atoms with van der Waals surface area (Å²) in [6.45, 7) is 10.9. The van der Waals surface area contributed by atoms with Crippen molar-refractivity contribution < 1.29 is 28.8 Å². The van der Waals surface area contributed by atoms with Gasteiger partial charge >= 0.3 is 0 Å². The van der Waals surface area contributed by atoms with Gasteiger partial charge in [-0.15, -0.1) is 0 Å². The van der Waals surface area contributed by atoms with Crippen LogP contribution in [0.1, 0.15) is 60.3 Å². The first kappa shape index (κ1) is 21.8. The van der Waals surface area contributed by atoms with Crippen molar-refractivity contribution in [3.8, 4) is 0 Å². The average Bonchev–Trinajstić information content (AvgIpc) is 2.19. The third kappa shape index (κ3) is 20.0. The SMILES string of the molecule is CC(C)(C)CO.CCCCC(CC)CO.[V]. The maximum absolute atomic E-state index is 8.75. The molecule has 3 heteroatoms. The Morgan fingerprint density at radius 3 is 1.69 bits per heavy atom. The molecule has 1 atom stereocenters. The van der Waals surface area contributed by atoms with Gasteiger partial charge in [-0.1, -0.05) is 53.9 Å². The van der Waals surface area contributed by atoms with Gasteiger partial charge in [-0.05, 0) is 17.8 Å². The molecule has 0 aliphatic carbocycles. The fourth-order valence-corrected chi connectivity index (χ4v) is 0.917. The summed E-state index contributed by atoms with van der Waals surface area (Å²) in [5, 5.41) is 17.2. The molecule has 0 aliphatic rings. The van der Waals surface area contributed by atoms with Crippen LogP contribution in [0.15, 0.2) is 0 Å². The summed E-state index contributed by atoms with van der Waals surface area (Å²) in [7, 11) is 0. The summed E-state index contributed by atoms with van der Waals surface area (Å²) in [5.41, 5.74) is 0.0972. The van der Waals surface area contributed by atoms with Crippen LogP contribution in [0.25, 0.3) is 0 Å². The molecule has 0 aliphatic heterocycles. The topological polar surface area (TPSA) is 40.5 Å². The predicted octanol–water partition coefficient (Wildman–Crippen LogP) is 3.22. The second kappa shape index (κ2) is 13.6. The largest absolute Gasteiger partial charge is 0.396 e. The molecular formula is C13H30O2V. The zero-order valence-electron chi connectivity index (χ0n) is 11.7. The van der Waals surface area contributed by atoms with Crippen molar-refractivity contribution in [3.05, 3.63) is 0 Å². The number of unbranched alkanes of at least 4 members (excludes halogenated alkanes) is 1. The summed E-state index contributed by atoms with van der Waals surface area (Å²) in [5.74, 6) is 0.560. The van der Waals surface area contributed by atoms with E-state index in [1.807, 2.05) is 20.8 Å². The number of hydrogen-bond acceptors (Lipinski definition) is 2. The minimum atomic E-state index is 0. The minimum absolute atomic E-state index is 0. The van der Waals surface area contributed by atoms with E-state index in [9.17, 15) is 0 Å². The van der Waals surface area contributed by atoms with E-state index in [0.29, 0.717) is 12.5 Å². The Morgan fingerprint density at radius 1 is 1.06 bits per heavy atom. The van der Waals surface area contributed by atoms with Gasteiger partial charge in [0.2, 0.25) is 0 Å². The van der Waals surface area contributed by atoms with Crippen molar-refractivity contribution in [2.75, 3.05) is 13.2 Å². The molecule has 2 N–H and O–H groups in total. The maximum atomic E-state index is 8.75. The fourth-order valence-electron chi connectivity index (χ4n) is 0.917. The molecule has 99 valence electrons. The fraction of sp³-hybridized carbons (Fsp3) is 1.00.